The minimum Gasteiger partial charge on any atom is -0.361 e. The highest BCUT2D eigenvalue weighted by Gasteiger charge is 2.23. The summed E-state index contributed by atoms with van der Waals surface area (Å²) in [6.07, 6.45) is 2.58. The monoisotopic (exact) mass is 307 g/mol. The van der Waals surface area contributed by atoms with Crippen molar-refractivity contribution in [1.82, 2.24) is 9.99 Å². The number of fused-ring (bicyclic) bond motifs is 1. The highest BCUT2D eigenvalue weighted by atomic mass is 19.1. The van der Waals surface area contributed by atoms with Crippen LogP contribution in [-0.4, -0.2) is 28.2 Å². The van der Waals surface area contributed by atoms with Crippen molar-refractivity contribution >= 4 is 22.5 Å². The van der Waals surface area contributed by atoms with Crippen LogP contribution in [0, 0.1) is 5.82 Å². The molecule has 0 unspecified atom stereocenters. The molecule has 1 aromatic heterocycles. The Morgan fingerprint density at radius 3 is 2.96 bits per heavy atom. The van der Waals surface area contributed by atoms with Crippen molar-refractivity contribution in [3.63, 3.8) is 0 Å². The lowest BCUT2D eigenvalue weighted by atomic mass is 10.1. The van der Waals surface area contributed by atoms with Crippen LogP contribution in [0.1, 0.15) is 22.3 Å². The molecular formula is C18H14FN3O. The highest BCUT2D eigenvalue weighted by molar-refractivity contribution is 6.06. The van der Waals surface area contributed by atoms with Gasteiger partial charge in [0.25, 0.3) is 5.91 Å². The molecule has 0 saturated carbocycles. The molecule has 0 aliphatic carbocycles. The molecule has 1 aliphatic rings. The molecule has 2 heterocycles. The molecule has 114 valence electrons. The van der Waals surface area contributed by atoms with Gasteiger partial charge in [-0.2, -0.15) is 5.10 Å². The molecule has 4 nitrogen and oxygen atoms in total. The number of nitrogens with zero attached hydrogens (tertiary/aromatic N) is 2. The smallest absolute Gasteiger partial charge is 0.274 e. The molecule has 2 aromatic carbocycles. The Kier molecular flexibility index (Phi) is 3.19. The third kappa shape index (κ3) is 2.50. The lowest BCUT2D eigenvalue weighted by Gasteiger charge is -2.11. The van der Waals surface area contributed by atoms with E-state index in [-0.39, 0.29) is 5.91 Å². The van der Waals surface area contributed by atoms with Crippen LogP contribution in [0.5, 0.6) is 0 Å². The number of aromatic amines is 1. The maximum absolute atomic E-state index is 13.3. The summed E-state index contributed by atoms with van der Waals surface area (Å²) in [6, 6.07) is 13.8. The fraction of sp³-hybridized carbons (Fsp3) is 0.111. The minimum absolute atomic E-state index is 0.277. The number of amides is 1. The Labute approximate surface area is 132 Å². The van der Waals surface area contributed by atoms with Crippen LogP contribution in [0.3, 0.4) is 0 Å². The predicted molar refractivity (Wildman–Crippen MR) is 86.9 cm³/mol. The zero-order chi connectivity index (χ0) is 15.8. The largest absolute Gasteiger partial charge is 0.361 e. The van der Waals surface area contributed by atoms with Crippen molar-refractivity contribution in [3.05, 3.63) is 71.7 Å². The van der Waals surface area contributed by atoms with Gasteiger partial charge in [-0.15, -0.1) is 0 Å². The number of hydrogen-bond acceptors (Lipinski definition) is 2. The van der Waals surface area contributed by atoms with Gasteiger partial charge in [0.2, 0.25) is 0 Å². The molecular weight excluding hydrogens is 293 g/mol. The molecule has 5 heteroatoms. The number of rotatable bonds is 2. The van der Waals surface area contributed by atoms with E-state index in [9.17, 15) is 9.18 Å². The molecule has 3 aromatic rings. The van der Waals surface area contributed by atoms with Crippen molar-refractivity contribution in [3.8, 4) is 0 Å². The number of hydrogen-bond donors (Lipinski definition) is 1. The molecule has 0 saturated heterocycles. The predicted octanol–water partition coefficient (Wildman–Crippen LogP) is 3.56. The maximum atomic E-state index is 13.3. The van der Waals surface area contributed by atoms with Gasteiger partial charge in [-0.25, -0.2) is 9.40 Å². The van der Waals surface area contributed by atoms with Crippen LogP contribution in [-0.2, 0) is 0 Å². The molecule has 4 rings (SSSR count). The summed E-state index contributed by atoms with van der Waals surface area (Å²) in [6.45, 7) is 0.507. The van der Waals surface area contributed by atoms with Crippen LogP contribution >= 0.6 is 0 Å². The second kappa shape index (κ2) is 5.35. The zero-order valence-electron chi connectivity index (χ0n) is 12.3. The SMILES string of the molecule is O=C(c1cccc(F)c1)N1CCC(c2ccc3cc[nH]c3c2)=N1. The fourth-order valence-corrected chi connectivity index (χ4v) is 2.80. The molecule has 1 N–H and O–H groups in total. The third-order valence-electron chi connectivity index (χ3n) is 4.00. The molecule has 0 radical (unpaired) electrons. The standard InChI is InChI=1S/C18H14FN3O/c19-15-3-1-2-14(10-15)18(23)22-9-7-16(21-22)13-5-4-12-6-8-20-17(12)11-13/h1-6,8,10-11,20H,7,9H2. The van der Waals surface area contributed by atoms with Crippen LogP contribution < -0.4 is 0 Å². The Morgan fingerprint density at radius 2 is 2.09 bits per heavy atom. The average Bonchev–Trinajstić information content (AvgIpc) is 3.22. The van der Waals surface area contributed by atoms with Gasteiger partial charge in [0.1, 0.15) is 5.82 Å². The van der Waals surface area contributed by atoms with Gasteiger partial charge in [-0.05, 0) is 41.3 Å². The number of aromatic nitrogens is 1. The Hall–Kier alpha value is -2.95. The summed E-state index contributed by atoms with van der Waals surface area (Å²) in [5.41, 5.74) is 3.22. The molecule has 1 aliphatic heterocycles. The summed E-state index contributed by atoms with van der Waals surface area (Å²) in [4.78, 5) is 15.6. The fourth-order valence-electron chi connectivity index (χ4n) is 2.80. The molecule has 0 fully saturated rings. The van der Waals surface area contributed by atoms with E-state index in [1.807, 2.05) is 30.5 Å². The first-order chi connectivity index (χ1) is 11.2. The van der Waals surface area contributed by atoms with Gasteiger partial charge < -0.3 is 4.98 Å². The number of H-pyrrole nitrogens is 1. The van der Waals surface area contributed by atoms with Gasteiger partial charge in [-0.1, -0.05) is 18.2 Å². The zero-order valence-corrected chi connectivity index (χ0v) is 12.3. The summed E-state index contributed by atoms with van der Waals surface area (Å²) >= 11 is 0. The molecule has 0 spiro atoms. The van der Waals surface area contributed by atoms with E-state index in [0.29, 0.717) is 18.5 Å². The number of benzene rings is 2. The maximum Gasteiger partial charge on any atom is 0.274 e. The van der Waals surface area contributed by atoms with Crippen LogP contribution in [0.25, 0.3) is 10.9 Å². The van der Waals surface area contributed by atoms with Crippen LogP contribution in [0.15, 0.2) is 59.8 Å². The van der Waals surface area contributed by atoms with Crippen molar-refractivity contribution in [2.75, 3.05) is 6.54 Å². The van der Waals surface area contributed by atoms with Gasteiger partial charge in [0.15, 0.2) is 0 Å². The quantitative estimate of drug-likeness (QED) is 0.773. The second-order valence-corrected chi connectivity index (χ2v) is 5.52. The minimum atomic E-state index is -0.420. The van der Waals surface area contributed by atoms with Gasteiger partial charge >= 0.3 is 0 Å². The van der Waals surface area contributed by atoms with Crippen molar-refractivity contribution < 1.29 is 9.18 Å². The van der Waals surface area contributed by atoms with Crippen molar-refractivity contribution in [2.45, 2.75) is 6.42 Å². The van der Waals surface area contributed by atoms with E-state index in [4.69, 9.17) is 0 Å². The van der Waals surface area contributed by atoms with Gasteiger partial charge in [0.05, 0.1) is 12.3 Å². The molecule has 0 atom stereocenters. The first kappa shape index (κ1) is 13.7. The number of carbonyl (C=O) groups is 1. The number of halogens is 1. The summed E-state index contributed by atoms with van der Waals surface area (Å²) in [7, 11) is 0. The molecule has 0 bridgehead atoms. The van der Waals surface area contributed by atoms with E-state index in [2.05, 4.69) is 10.1 Å². The lowest BCUT2D eigenvalue weighted by Crippen LogP contribution is -2.23. The summed E-state index contributed by atoms with van der Waals surface area (Å²) in [5, 5.41) is 6.96. The van der Waals surface area contributed by atoms with E-state index < -0.39 is 5.82 Å². The Bertz CT molecular complexity index is 929. The van der Waals surface area contributed by atoms with Crippen molar-refractivity contribution in [1.29, 1.82) is 0 Å². The topological polar surface area (TPSA) is 48.5 Å². The number of hydrazone groups is 1. The number of carbonyl (C=O) groups excluding carboxylic acids is 1. The summed E-state index contributed by atoms with van der Waals surface area (Å²) < 4.78 is 13.3. The Balaban J connectivity index is 1.62. The first-order valence-electron chi connectivity index (χ1n) is 7.43. The van der Waals surface area contributed by atoms with Crippen molar-refractivity contribution in [2.24, 2.45) is 5.10 Å². The van der Waals surface area contributed by atoms with E-state index >= 15 is 0 Å². The first-order valence-corrected chi connectivity index (χ1v) is 7.43. The third-order valence-corrected chi connectivity index (χ3v) is 4.00. The Morgan fingerprint density at radius 1 is 1.17 bits per heavy atom. The van der Waals surface area contributed by atoms with E-state index in [1.165, 1.54) is 23.2 Å². The van der Waals surface area contributed by atoms with Crippen LogP contribution in [0.4, 0.5) is 4.39 Å². The van der Waals surface area contributed by atoms with E-state index in [0.717, 1.165) is 22.2 Å². The van der Waals surface area contributed by atoms with Gasteiger partial charge in [0, 0.05) is 23.7 Å². The molecule has 23 heavy (non-hydrogen) atoms. The van der Waals surface area contributed by atoms with E-state index in [1.54, 1.807) is 6.07 Å². The average molecular weight is 307 g/mol. The van der Waals surface area contributed by atoms with Gasteiger partial charge in [-0.3, -0.25) is 4.79 Å². The molecule has 1 amide bonds. The number of nitrogens with one attached hydrogen (secondary N) is 1. The van der Waals surface area contributed by atoms with Crippen LogP contribution in [0.2, 0.25) is 0 Å². The summed E-state index contributed by atoms with van der Waals surface area (Å²) in [5.74, 6) is -0.697. The normalized spacial score (nSPS) is 14.3. The lowest BCUT2D eigenvalue weighted by molar-refractivity contribution is 0.0778. The second-order valence-electron chi connectivity index (χ2n) is 5.52. The highest BCUT2D eigenvalue weighted by Crippen LogP contribution is 2.20.